The number of H-pyrrole nitrogens is 1. The molecule has 0 bridgehead atoms. The predicted molar refractivity (Wildman–Crippen MR) is 99.5 cm³/mol. The molecule has 4 rings (SSSR count). The number of amides is 1. The number of carbonyl (C=O) groups excluding carboxylic acids is 1. The number of fused-ring (bicyclic) bond motifs is 1. The third-order valence-corrected chi connectivity index (χ3v) is 5.07. The van der Waals surface area contributed by atoms with E-state index in [9.17, 15) is 9.59 Å². The van der Waals surface area contributed by atoms with Crippen molar-refractivity contribution in [1.29, 1.82) is 0 Å². The van der Waals surface area contributed by atoms with Crippen LogP contribution in [0.25, 0.3) is 11.0 Å². The first-order valence-electron chi connectivity index (χ1n) is 9.31. The van der Waals surface area contributed by atoms with E-state index < -0.39 is 0 Å². The van der Waals surface area contributed by atoms with E-state index in [-0.39, 0.29) is 30.0 Å². The lowest BCUT2D eigenvalue weighted by Crippen LogP contribution is -2.42. The van der Waals surface area contributed by atoms with Gasteiger partial charge in [-0.05, 0) is 25.0 Å². The molecule has 8 heteroatoms. The maximum absolute atomic E-state index is 12.8. The van der Waals surface area contributed by atoms with Crippen molar-refractivity contribution >= 4 is 16.9 Å². The fraction of sp³-hybridized carbons (Fsp3) is 0.474. The van der Waals surface area contributed by atoms with Crippen molar-refractivity contribution < 1.29 is 9.32 Å². The van der Waals surface area contributed by atoms with Gasteiger partial charge < -0.3 is 14.4 Å². The molecular weight excluding hydrogens is 346 g/mol. The summed E-state index contributed by atoms with van der Waals surface area (Å²) in [6, 6.07) is 7.38. The molecule has 1 N–H and O–H groups in total. The van der Waals surface area contributed by atoms with Gasteiger partial charge in [0, 0.05) is 19.0 Å². The highest BCUT2D eigenvalue weighted by Gasteiger charge is 2.29. The van der Waals surface area contributed by atoms with E-state index in [1.165, 1.54) is 4.57 Å². The number of benzene rings is 1. The maximum atomic E-state index is 12.8. The zero-order valence-electron chi connectivity index (χ0n) is 15.5. The summed E-state index contributed by atoms with van der Waals surface area (Å²) < 4.78 is 6.91. The molecule has 0 radical (unpaired) electrons. The minimum atomic E-state index is -0.267. The number of hydrogen-bond acceptors (Lipinski definition) is 5. The largest absolute Gasteiger partial charge is 0.340 e. The molecule has 0 aliphatic carbocycles. The number of para-hydroxylation sites is 2. The molecule has 1 saturated heterocycles. The molecule has 1 aromatic carbocycles. The number of piperidine rings is 1. The Morgan fingerprint density at radius 3 is 2.96 bits per heavy atom. The van der Waals surface area contributed by atoms with E-state index in [4.69, 9.17) is 4.52 Å². The monoisotopic (exact) mass is 369 g/mol. The second-order valence-corrected chi connectivity index (χ2v) is 7.36. The zero-order chi connectivity index (χ0) is 19.0. The van der Waals surface area contributed by atoms with Crippen molar-refractivity contribution in [2.45, 2.75) is 45.1 Å². The molecule has 1 atom stereocenters. The molecule has 3 aromatic rings. The van der Waals surface area contributed by atoms with Gasteiger partial charge in [0.1, 0.15) is 6.54 Å². The normalized spacial score (nSPS) is 17.7. The Morgan fingerprint density at radius 1 is 1.37 bits per heavy atom. The summed E-state index contributed by atoms with van der Waals surface area (Å²) in [5, 5.41) is 4.03. The smallest absolute Gasteiger partial charge is 0.326 e. The first kappa shape index (κ1) is 17.5. The Kier molecular flexibility index (Phi) is 4.55. The standard InChI is InChI=1S/C19H23N5O3/c1-12(2)17-21-18(27-22-17)13-6-5-9-23(10-13)16(25)11-24-15-8-4-3-7-14(15)20-19(24)26/h3-4,7-8,12-13H,5-6,9-11H2,1-2H3,(H,20,26)/t13-/m0/s1. The van der Waals surface area contributed by atoms with E-state index in [0.717, 1.165) is 23.9 Å². The minimum absolute atomic E-state index is 0.0244. The molecule has 1 aliphatic rings. The van der Waals surface area contributed by atoms with Gasteiger partial charge in [0.15, 0.2) is 5.82 Å². The Morgan fingerprint density at radius 2 is 2.19 bits per heavy atom. The first-order valence-corrected chi connectivity index (χ1v) is 9.31. The summed E-state index contributed by atoms with van der Waals surface area (Å²) >= 11 is 0. The molecule has 2 aromatic heterocycles. The zero-order valence-corrected chi connectivity index (χ0v) is 15.5. The van der Waals surface area contributed by atoms with Crippen LogP contribution in [-0.4, -0.2) is 43.6 Å². The topological polar surface area (TPSA) is 97.0 Å². The molecule has 27 heavy (non-hydrogen) atoms. The van der Waals surface area contributed by atoms with Gasteiger partial charge in [-0.15, -0.1) is 0 Å². The second kappa shape index (κ2) is 7.02. The SMILES string of the molecule is CC(C)c1noc([C@H]2CCCN(C(=O)Cn3c(=O)[nH]c4ccccc43)C2)n1. The van der Waals surface area contributed by atoms with Gasteiger partial charge in [-0.2, -0.15) is 4.98 Å². The van der Waals surface area contributed by atoms with Gasteiger partial charge in [-0.25, -0.2) is 4.79 Å². The number of carbonyl (C=O) groups is 1. The van der Waals surface area contributed by atoms with Crippen LogP contribution in [0.1, 0.15) is 50.2 Å². The highest BCUT2D eigenvalue weighted by Crippen LogP contribution is 2.27. The summed E-state index contributed by atoms with van der Waals surface area (Å²) in [5.74, 6) is 1.47. The van der Waals surface area contributed by atoms with Gasteiger partial charge in [0.25, 0.3) is 0 Å². The molecule has 3 heterocycles. The Labute approximate surface area is 156 Å². The minimum Gasteiger partial charge on any atom is -0.340 e. The van der Waals surface area contributed by atoms with Gasteiger partial charge in [0.2, 0.25) is 11.8 Å². The third-order valence-electron chi connectivity index (χ3n) is 5.07. The van der Waals surface area contributed by atoms with Crippen LogP contribution in [0.3, 0.4) is 0 Å². The number of rotatable bonds is 4. The fourth-order valence-corrected chi connectivity index (χ4v) is 3.55. The molecule has 0 unspecified atom stereocenters. The lowest BCUT2D eigenvalue weighted by molar-refractivity contribution is -0.133. The lowest BCUT2D eigenvalue weighted by Gasteiger charge is -2.31. The van der Waals surface area contributed by atoms with Crippen LogP contribution in [0.4, 0.5) is 0 Å². The average molecular weight is 369 g/mol. The van der Waals surface area contributed by atoms with E-state index >= 15 is 0 Å². The third kappa shape index (κ3) is 3.39. The maximum Gasteiger partial charge on any atom is 0.326 e. The van der Waals surface area contributed by atoms with Crippen molar-refractivity contribution in [2.24, 2.45) is 0 Å². The molecule has 8 nitrogen and oxygen atoms in total. The summed E-state index contributed by atoms with van der Waals surface area (Å²) in [6.07, 6.45) is 1.79. The van der Waals surface area contributed by atoms with Crippen LogP contribution >= 0.6 is 0 Å². The van der Waals surface area contributed by atoms with Gasteiger partial charge in [0.05, 0.1) is 17.0 Å². The number of nitrogens with one attached hydrogen (secondary N) is 1. The summed E-state index contributed by atoms with van der Waals surface area (Å²) in [6.45, 7) is 5.28. The fourth-order valence-electron chi connectivity index (χ4n) is 3.55. The van der Waals surface area contributed by atoms with E-state index in [1.54, 1.807) is 4.90 Å². The number of aromatic nitrogens is 4. The van der Waals surface area contributed by atoms with Crippen molar-refractivity contribution in [3.05, 3.63) is 46.5 Å². The summed E-state index contributed by atoms with van der Waals surface area (Å²) in [7, 11) is 0. The van der Waals surface area contributed by atoms with Gasteiger partial charge in [-0.1, -0.05) is 31.1 Å². The molecule has 0 spiro atoms. The highest BCUT2D eigenvalue weighted by atomic mass is 16.5. The highest BCUT2D eigenvalue weighted by molar-refractivity contribution is 5.80. The van der Waals surface area contributed by atoms with Gasteiger partial charge >= 0.3 is 5.69 Å². The number of imidazole rings is 1. The van der Waals surface area contributed by atoms with Crippen molar-refractivity contribution in [1.82, 2.24) is 24.6 Å². The number of aromatic amines is 1. The van der Waals surface area contributed by atoms with Crippen LogP contribution in [0.15, 0.2) is 33.6 Å². The molecule has 1 fully saturated rings. The van der Waals surface area contributed by atoms with E-state index in [2.05, 4.69) is 15.1 Å². The molecule has 0 saturated carbocycles. The predicted octanol–water partition coefficient (Wildman–Crippen LogP) is 2.24. The van der Waals surface area contributed by atoms with Crippen LogP contribution in [-0.2, 0) is 11.3 Å². The molecule has 1 aliphatic heterocycles. The van der Waals surface area contributed by atoms with Crippen molar-refractivity contribution in [2.75, 3.05) is 13.1 Å². The van der Waals surface area contributed by atoms with E-state index in [1.807, 2.05) is 38.1 Å². The Bertz CT molecular complexity index is 1020. The Balaban J connectivity index is 1.50. The average Bonchev–Trinajstić information content (AvgIpc) is 3.28. The summed E-state index contributed by atoms with van der Waals surface area (Å²) in [4.78, 5) is 34.1. The van der Waals surface area contributed by atoms with Crippen LogP contribution < -0.4 is 5.69 Å². The first-order chi connectivity index (χ1) is 13.0. The van der Waals surface area contributed by atoms with Crippen molar-refractivity contribution in [3.8, 4) is 0 Å². The van der Waals surface area contributed by atoms with Crippen LogP contribution in [0, 0.1) is 0 Å². The van der Waals surface area contributed by atoms with E-state index in [0.29, 0.717) is 24.8 Å². The molecule has 1 amide bonds. The van der Waals surface area contributed by atoms with Crippen LogP contribution in [0.2, 0.25) is 0 Å². The number of likely N-dealkylation sites (tertiary alicyclic amines) is 1. The van der Waals surface area contributed by atoms with Crippen LogP contribution in [0.5, 0.6) is 0 Å². The van der Waals surface area contributed by atoms with Gasteiger partial charge in [-0.3, -0.25) is 9.36 Å². The molecular formula is C19H23N5O3. The Hall–Kier alpha value is -2.90. The number of nitrogens with zero attached hydrogens (tertiary/aromatic N) is 4. The second-order valence-electron chi connectivity index (χ2n) is 7.36. The van der Waals surface area contributed by atoms with Crippen molar-refractivity contribution in [3.63, 3.8) is 0 Å². The summed E-state index contributed by atoms with van der Waals surface area (Å²) in [5.41, 5.74) is 1.21. The quantitative estimate of drug-likeness (QED) is 0.761. The molecule has 142 valence electrons. The number of hydrogen-bond donors (Lipinski definition) is 1. The lowest BCUT2D eigenvalue weighted by atomic mass is 9.98.